The van der Waals surface area contributed by atoms with Gasteiger partial charge in [0.05, 0.1) is 6.54 Å². The van der Waals surface area contributed by atoms with Gasteiger partial charge >= 0.3 is 11.9 Å². The average Bonchev–Trinajstić information content (AvgIpc) is 3.16. The number of carboxylic acid groups (broad SMARTS) is 2. The highest BCUT2D eigenvalue weighted by Gasteiger charge is 2.36. The molecule has 3 unspecified atom stereocenters. The van der Waals surface area contributed by atoms with Gasteiger partial charge in [-0.25, -0.2) is 4.79 Å². The van der Waals surface area contributed by atoms with Gasteiger partial charge < -0.3 is 37.2 Å². The number of carbonyl (C=O) groups is 6. The normalized spacial score (nSPS) is 17.6. The Labute approximate surface area is 172 Å². The number of carbonyl (C=O) groups excluding carboxylic acids is 4. The minimum absolute atomic E-state index is 0.266. The zero-order chi connectivity index (χ0) is 22.8. The molecule has 1 aliphatic heterocycles. The predicted molar refractivity (Wildman–Crippen MR) is 101 cm³/mol. The molecule has 0 radical (unpaired) electrons. The van der Waals surface area contributed by atoms with Crippen molar-refractivity contribution < 1.29 is 39.0 Å². The number of nitrogens with one attached hydrogen (secondary N) is 2. The molecule has 0 aromatic heterocycles. The monoisotopic (exact) mass is 429 g/mol. The van der Waals surface area contributed by atoms with E-state index in [1.807, 2.05) is 0 Å². The largest absolute Gasteiger partial charge is 0.481 e. The van der Waals surface area contributed by atoms with Gasteiger partial charge in [-0.1, -0.05) is 0 Å². The Hall–Kier alpha value is -3.22. The summed E-state index contributed by atoms with van der Waals surface area (Å²) >= 11 is 0. The van der Waals surface area contributed by atoms with E-state index in [9.17, 15) is 33.9 Å². The lowest BCUT2D eigenvalue weighted by Gasteiger charge is -2.26. The minimum Gasteiger partial charge on any atom is -0.481 e. The van der Waals surface area contributed by atoms with Gasteiger partial charge in [0.25, 0.3) is 0 Å². The first kappa shape index (κ1) is 24.8. The van der Waals surface area contributed by atoms with Crippen molar-refractivity contribution in [2.45, 2.75) is 56.7 Å². The second kappa shape index (κ2) is 11.7. The predicted octanol–water partition coefficient (Wildman–Crippen LogP) is -2.88. The molecule has 8 N–H and O–H groups in total. The number of hydrogen-bond acceptors (Lipinski definition) is 7. The number of primary amides is 1. The first-order valence-corrected chi connectivity index (χ1v) is 9.40. The van der Waals surface area contributed by atoms with Crippen LogP contribution in [0.25, 0.3) is 0 Å². The number of rotatable bonds is 12. The average molecular weight is 429 g/mol. The third-order valence-electron chi connectivity index (χ3n) is 4.62. The highest BCUT2D eigenvalue weighted by Crippen LogP contribution is 2.18. The van der Waals surface area contributed by atoms with Gasteiger partial charge in [-0.2, -0.15) is 0 Å². The molecule has 0 spiro atoms. The van der Waals surface area contributed by atoms with E-state index < -0.39 is 60.1 Å². The maximum atomic E-state index is 12.6. The van der Waals surface area contributed by atoms with E-state index in [1.54, 1.807) is 0 Å². The molecule has 1 fully saturated rings. The second-order valence-corrected chi connectivity index (χ2v) is 6.85. The molecule has 0 bridgehead atoms. The summed E-state index contributed by atoms with van der Waals surface area (Å²) in [7, 11) is 0. The molecule has 0 aromatic carbocycles. The zero-order valence-electron chi connectivity index (χ0n) is 16.3. The van der Waals surface area contributed by atoms with E-state index in [4.69, 9.17) is 16.6 Å². The Morgan fingerprint density at radius 2 is 1.63 bits per heavy atom. The first-order chi connectivity index (χ1) is 14.1. The fraction of sp³-hybridized carbons (Fsp3) is 0.647. The van der Waals surface area contributed by atoms with Gasteiger partial charge in [0.2, 0.25) is 23.6 Å². The van der Waals surface area contributed by atoms with E-state index >= 15 is 0 Å². The fourth-order valence-electron chi connectivity index (χ4n) is 3.08. The van der Waals surface area contributed by atoms with Crippen molar-refractivity contribution in [3.63, 3.8) is 0 Å². The minimum atomic E-state index is -1.45. The number of aliphatic carboxylic acids is 2. The Balaban J connectivity index is 2.88. The number of carboxylic acids is 2. The van der Waals surface area contributed by atoms with Crippen LogP contribution in [0.4, 0.5) is 0 Å². The van der Waals surface area contributed by atoms with Crippen LogP contribution in [0, 0.1) is 0 Å². The van der Waals surface area contributed by atoms with Gasteiger partial charge in [0.15, 0.2) is 0 Å². The summed E-state index contributed by atoms with van der Waals surface area (Å²) in [6.45, 7) is 0.0428. The fourth-order valence-corrected chi connectivity index (χ4v) is 3.08. The van der Waals surface area contributed by atoms with Crippen LogP contribution in [-0.2, 0) is 28.8 Å². The van der Waals surface area contributed by atoms with Crippen LogP contribution in [0.3, 0.4) is 0 Å². The van der Waals surface area contributed by atoms with Crippen molar-refractivity contribution in [3.05, 3.63) is 0 Å². The van der Waals surface area contributed by atoms with E-state index in [1.165, 1.54) is 4.90 Å². The van der Waals surface area contributed by atoms with E-state index in [-0.39, 0.29) is 25.8 Å². The summed E-state index contributed by atoms with van der Waals surface area (Å²) < 4.78 is 0. The van der Waals surface area contributed by atoms with Crippen LogP contribution in [0.5, 0.6) is 0 Å². The van der Waals surface area contributed by atoms with Crippen molar-refractivity contribution in [1.82, 2.24) is 15.5 Å². The van der Waals surface area contributed by atoms with Crippen molar-refractivity contribution in [2.75, 3.05) is 13.1 Å². The SMILES string of the molecule is NCC(=O)N1CCCC1C(=O)NC(CCC(=O)O)C(=O)NC(CCC(N)=O)C(=O)O. The lowest BCUT2D eigenvalue weighted by Crippen LogP contribution is -2.55. The molecule has 1 heterocycles. The van der Waals surface area contributed by atoms with Crippen molar-refractivity contribution in [2.24, 2.45) is 11.5 Å². The van der Waals surface area contributed by atoms with Crippen LogP contribution in [-0.4, -0.2) is 81.9 Å². The van der Waals surface area contributed by atoms with Gasteiger partial charge in [-0.05, 0) is 25.7 Å². The molecule has 13 heteroatoms. The summed E-state index contributed by atoms with van der Waals surface area (Å²) in [4.78, 5) is 71.4. The van der Waals surface area contributed by atoms with E-state index in [2.05, 4.69) is 10.6 Å². The lowest BCUT2D eigenvalue weighted by molar-refractivity contribution is -0.143. The number of nitrogens with zero attached hydrogens (tertiary/aromatic N) is 1. The quantitative estimate of drug-likeness (QED) is 0.187. The summed E-state index contributed by atoms with van der Waals surface area (Å²) in [5.41, 5.74) is 10.3. The lowest BCUT2D eigenvalue weighted by atomic mass is 10.1. The highest BCUT2D eigenvalue weighted by molar-refractivity contribution is 5.94. The molecule has 13 nitrogen and oxygen atoms in total. The molecule has 1 aliphatic rings. The molecule has 3 atom stereocenters. The van der Waals surface area contributed by atoms with Crippen molar-refractivity contribution in [3.8, 4) is 0 Å². The van der Waals surface area contributed by atoms with Gasteiger partial charge in [0.1, 0.15) is 18.1 Å². The molecule has 0 aliphatic carbocycles. The Kier molecular flexibility index (Phi) is 9.68. The maximum absolute atomic E-state index is 12.6. The smallest absolute Gasteiger partial charge is 0.326 e. The standard InChI is InChI=1S/C17H27N5O8/c18-8-13(24)22-7-1-2-11(22)16(28)20-9(4-6-14(25)26)15(27)21-10(17(29)30)3-5-12(19)23/h9-11H,1-8,18H2,(H2,19,23)(H,20,28)(H,21,27)(H,25,26)(H,29,30). The Bertz CT molecular complexity index is 698. The van der Waals surface area contributed by atoms with Crippen LogP contribution < -0.4 is 22.1 Å². The highest BCUT2D eigenvalue weighted by atomic mass is 16.4. The molecule has 0 aromatic rings. The summed E-state index contributed by atoms with van der Waals surface area (Å²) in [6.07, 6.45) is -0.412. The Morgan fingerprint density at radius 3 is 2.17 bits per heavy atom. The first-order valence-electron chi connectivity index (χ1n) is 9.40. The number of amides is 4. The third-order valence-corrected chi connectivity index (χ3v) is 4.62. The van der Waals surface area contributed by atoms with Crippen LogP contribution in [0.15, 0.2) is 0 Å². The van der Waals surface area contributed by atoms with Gasteiger partial charge in [-0.3, -0.25) is 24.0 Å². The molecular formula is C17H27N5O8. The van der Waals surface area contributed by atoms with Crippen LogP contribution in [0.1, 0.15) is 38.5 Å². The molecule has 4 amide bonds. The van der Waals surface area contributed by atoms with Crippen molar-refractivity contribution >= 4 is 35.6 Å². The summed E-state index contributed by atoms with van der Waals surface area (Å²) in [5, 5.41) is 22.7. The van der Waals surface area contributed by atoms with Crippen LogP contribution >= 0.6 is 0 Å². The van der Waals surface area contributed by atoms with Gasteiger partial charge in [0, 0.05) is 19.4 Å². The maximum Gasteiger partial charge on any atom is 0.326 e. The van der Waals surface area contributed by atoms with Gasteiger partial charge in [-0.15, -0.1) is 0 Å². The zero-order valence-corrected chi connectivity index (χ0v) is 16.3. The molecule has 0 saturated carbocycles. The summed E-state index contributed by atoms with van der Waals surface area (Å²) in [6, 6.07) is -3.65. The molecule has 168 valence electrons. The Morgan fingerprint density at radius 1 is 1.00 bits per heavy atom. The van der Waals surface area contributed by atoms with E-state index in [0.717, 1.165) is 0 Å². The second-order valence-electron chi connectivity index (χ2n) is 6.85. The molecule has 30 heavy (non-hydrogen) atoms. The van der Waals surface area contributed by atoms with Crippen molar-refractivity contribution in [1.29, 1.82) is 0 Å². The topological polar surface area (TPSA) is 222 Å². The number of hydrogen-bond donors (Lipinski definition) is 6. The molecular weight excluding hydrogens is 402 g/mol. The number of nitrogens with two attached hydrogens (primary N) is 2. The third kappa shape index (κ3) is 7.66. The summed E-state index contributed by atoms with van der Waals surface area (Å²) in [5.74, 6) is -5.40. The van der Waals surface area contributed by atoms with Crippen LogP contribution in [0.2, 0.25) is 0 Å². The molecule has 1 rings (SSSR count). The number of likely N-dealkylation sites (tertiary alicyclic amines) is 1. The molecule has 1 saturated heterocycles. The van der Waals surface area contributed by atoms with E-state index in [0.29, 0.717) is 19.4 Å².